The zero-order valence-corrected chi connectivity index (χ0v) is 16.0. The highest BCUT2D eigenvalue weighted by Gasteiger charge is 2.29. The number of ether oxygens (including phenoxy) is 1. The molecule has 0 atom stereocenters. The van der Waals surface area contributed by atoms with Gasteiger partial charge in [-0.2, -0.15) is 11.8 Å². The molecule has 0 N–H and O–H groups in total. The first-order valence-corrected chi connectivity index (χ1v) is 10.7. The fourth-order valence-electron chi connectivity index (χ4n) is 3.83. The molecule has 1 amide bonds. The van der Waals surface area contributed by atoms with Crippen molar-refractivity contribution < 1.29 is 9.53 Å². The summed E-state index contributed by atoms with van der Waals surface area (Å²) in [5, 5.41) is 0. The lowest BCUT2D eigenvalue weighted by molar-refractivity contribution is -0.140. The average molecular weight is 378 g/mol. The molecule has 0 radical (unpaired) electrons. The molecule has 0 saturated carbocycles. The number of amides is 1. The number of piperidine rings is 1. The number of carbonyl (C=O) groups excluding carboxylic acids is 1. The van der Waals surface area contributed by atoms with Crippen molar-refractivity contribution in [2.45, 2.75) is 12.8 Å². The molecule has 3 aliphatic rings. The van der Waals surface area contributed by atoms with Gasteiger partial charge in [-0.25, -0.2) is 9.97 Å². The maximum absolute atomic E-state index is 12.6. The Bertz CT molecular complexity index is 594. The number of anilines is 2. The molecule has 0 unspecified atom stereocenters. The molecular weight excluding hydrogens is 350 g/mol. The second kappa shape index (κ2) is 8.43. The molecule has 7 nitrogen and oxygen atoms in total. The fraction of sp³-hybridized carbons (Fsp3) is 0.722. The Labute approximate surface area is 159 Å². The molecule has 8 heteroatoms. The minimum absolute atomic E-state index is 0.149. The highest BCUT2D eigenvalue weighted by atomic mass is 32.2. The highest BCUT2D eigenvalue weighted by molar-refractivity contribution is 7.99. The highest BCUT2D eigenvalue weighted by Crippen LogP contribution is 2.25. The van der Waals surface area contributed by atoms with Crippen molar-refractivity contribution in [1.29, 1.82) is 0 Å². The van der Waals surface area contributed by atoms with E-state index in [1.54, 1.807) is 0 Å². The van der Waals surface area contributed by atoms with Gasteiger partial charge in [0, 0.05) is 56.7 Å². The predicted molar refractivity (Wildman–Crippen MR) is 104 cm³/mol. The number of carbonyl (C=O) groups is 1. The van der Waals surface area contributed by atoms with Gasteiger partial charge in [-0.05, 0) is 12.8 Å². The van der Waals surface area contributed by atoms with Crippen molar-refractivity contribution in [3.63, 3.8) is 0 Å². The maximum Gasteiger partial charge on any atom is 0.225 e. The maximum atomic E-state index is 12.6. The van der Waals surface area contributed by atoms with Crippen LogP contribution in [0.4, 0.5) is 11.6 Å². The van der Waals surface area contributed by atoms with Gasteiger partial charge in [0.15, 0.2) is 0 Å². The summed E-state index contributed by atoms with van der Waals surface area (Å²) in [6.45, 7) is 6.66. The zero-order chi connectivity index (χ0) is 17.8. The lowest BCUT2D eigenvalue weighted by atomic mass is 9.95. The van der Waals surface area contributed by atoms with E-state index < -0.39 is 0 Å². The minimum Gasteiger partial charge on any atom is -0.378 e. The molecule has 4 rings (SSSR count). The van der Waals surface area contributed by atoms with Crippen LogP contribution in [-0.4, -0.2) is 84.8 Å². The summed E-state index contributed by atoms with van der Waals surface area (Å²) in [5.41, 5.74) is 1.07. The van der Waals surface area contributed by atoms with Gasteiger partial charge in [0.05, 0.1) is 31.3 Å². The molecule has 3 aliphatic heterocycles. The zero-order valence-electron chi connectivity index (χ0n) is 15.2. The normalized spacial score (nSPS) is 22.5. The summed E-state index contributed by atoms with van der Waals surface area (Å²) in [7, 11) is 0. The Hall–Kier alpha value is -1.54. The number of rotatable bonds is 3. The molecule has 0 aromatic carbocycles. The van der Waals surface area contributed by atoms with Crippen LogP contribution in [-0.2, 0) is 9.53 Å². The van der Waals surface area contributed by atoms with Gasteiger partial charge in [-0.3, -0.25) is 4.79 Å². The first-order chi connectivity index (χ1) is 12.8. The van der Waals surface area contributed by atoms with E-state index in [0.717, 1.165) is 75.3 Å². The number of nitrogens with zero attached hydrogens (tertiary/aromatic N) is 5. The van der Waals surface area contributed by atoms with E-state index in [-0.39, 0.29) is 5.92 Å². The summed E-state index contributed by atoms with van der Waals surface area (Å²) < 4.78 is 5.34. The summed E-state index contributed by atoms with van der Waals surface area (Å²) in [4.78, 5) is 28.3. The SMILES string of the molecule is O=C(C1CCN(c2cnc(N3CCSCC3)nc2)CC1)N1CCOCC1. The molecule has 0 aliphatic carbocycles. The second-order valence-corrected chi connectivity index (χ2v) is 8.26. The molecule has 1 aromatic heterocycles. The summed E-state index contributed by atoms with van der Waals surface area (Å²) >= 11 is 1.99. The number of aromatic nitrogens is 2. The van der Waals surface area contributed by atoms with Crippen LogP contribution in [0.5, 0.6) is 0 Å². The standard InChI is InChI=1S/C18H27N5O2S/c24-17(22-5-9-25-10-6-22)15-1-3-21(4-2-15)16-13-19-18(20-14-16)23-7-11-26-12-8-23/h13-15H,1-12H2. The van der Waals surface area contributed by atoms with Crippen LogP contribution >= 0.6 is 11.8 Å². The van der Waals surface area contributed by atoms with E-state index in [2.05, 4.69) is 19.8 Å². The van der Waals surface area contributed by atoms with E-state index in [1.807, 2.05) is 29.1 Å². The van der Waals surface area contributed by atoms with Crippen LogP contribution < -0.4 is 9.80 Å². The van der Waals surface area contributed by atoms with Gasteiger partial charge in [0.1, 0.15) is 0 Å². The summed E-state index contributed by atoms with van der Waals surface area (Å²) in [6.07, 6.45) is 5.69. The predicted octanol–water partition coefficient (Wildman–Crippen LogP) is 1.10. The Morgan fingerprint density at radius 1 is 0.962 bits per heavy atom. The molecule has 0 bridgehead atoms. The third kappa shape index (κ3) is 4.06. The van der Waals surface area contributed by atoms with E-state index in [0.29, 0.717) is 19.1 Å². The average Bonchev–Trinajstić information content (AvgIpc) is 2.75. The number of thioether (sulfide) groups is 1. The molecule has 3 saturated heterocycles. The van der Waals surface area contributed by atoms with Crippen LogP contribution in [0.2, 0.25) is 0 Å². The first-order valence-electron chi connectivity index (χ1n) is 9.57. The molecule has 26 heavy (non-hydrogen) atoms. The Morgan fingerprint density at radius 2 is 1.62 bits per heavy atom. The van der Waals surface area contributed by atoms with Crippen molar-refractivity contribution in [2.24, 2.45) is 5.92 Å². The van der Waals surface area contributed by atoms with Gasteiger partial charge in [0.2, 0.25) is 11.9 Å². The van der Waals surface area contributed by atoms with E-state index in [4.69, 9.17) is 4.74 Å². The largest absolute Gasteiger partial charge is 0.378 e. The lowest BCUT2D eigenvalue weighted by Gasteiger charge is -2.36. The third-order valence-corrected chi connectivity index (χ3v) is 6.39. The van der Waals surface area contributed by atoms with Gasteiger partial charge in [0.25, 0.3) is 0 Å². The van der Waals surface area contributed by atoms with Crippen molar-refractivity contribution in [3.05, 3.63) is 12.4 Å². The second-order valence-electron chi connectivity index (χ2n) is 7.04. The van der Waals surface area contributed by atoms with E-state index in [9.17, 15) is 4.79 Å². The Morgan fingerprint density at radius 3 is 2.27 bits per heavy atom. The van der Waals surface area contributed by atoms with Crippen LogP contribution in [0, 0.1) is 5.92 Å². The summed E-state index contributed by atoms with van der Waals surface area (Å²) in [6, 6.07) is 0. The molecular formula is C18H27N5O2S. The van der Waals surface area contributed by atoms with Crippen molar-refractivity contribution in [2.75, 3.05) is 73.8 Å². The van der Waals surface area contributed by atoms with Gasteiger partial charge >= 0.3 is 0 Å². The quantitative estimate of drug-likeness (QED) is 0.782. The van der Waals surface area contributed by atoms with Crippen LogP contribution in [0.15, 0.2) is 12.4 Å². The van der Waals surface area contributed by atoms with Crippen molar-refractivity contribution in [3.8, 4) is 0 Å². The molecule has 3 fully saturated rings. The topological polar surface area (TPSA) is 61.8 Å². The van der Waals surface area contributed by atoms with E-state index >= 15 is 0 Å². The van der Waals surface area contributed by atoms with Gasteiger partial charge in [-0.15, -0.1) is 0 Å². The van der Waals surface area contributed by atoms with Gasteiger partial charge in [-0.1, -0.05) is 0 Å². The fourth-order valence-corrected chi connectivity index (χ4v) is 4.73. The minimum atomic E-state index is 0.149. The number of hydrogen-bond donors (Lipinski definition) is 0. The smallest absolute Gasteiger partial charge is 0.225 e. The summed E-state index contributed by atoms with van der Waals surface area (Å²) in [5.74, 6) is 3.59. The third-order valence-electron chi connectivity index (χ3n) is 5.45. The molecule has 4 heterocycles. The molecule has 142 valence electrons. The van der Waals surface area contributed by atoms with Crippen LogP contribution in [0.3, 0.4) is 0 Å². The Balaban J connectivity index is 1.30. The van der Waals surface area contributed by atoms with E-state index in [1.165, 1.54) is 0 Å². The number of morpholine rings is 1. The van der Waals surface area contributed by atoms with Crippen LogP contribution in [0.1, 0.15) is 12.8 Å². The van der Waals surface area contributed by atoms with Crippen molar-refractivity contribution in [1.82, 2.24) is 14.9 Å². The van der Waals surface area contributed by atoms with Crippen molar-refractivity contribution >= 4 is 29.3 Å². The van der Waals surface area contributed by atoms with Gasteiger partial charge < -0.3 is 19.4 Å². The first kappa shape index (κ1) is 17.9. The number of hydrogen-bond acceptors (Lipinski definition) is 7. The lowest BCUT2D eigenvalue weighted by Crippen LogP contribution is -2.46. The van der Waals surface area contributed by atoms with Crippen LogP contribution in [0.25, 0.3) is 0 Å². The molecule has 0 spiro atoms. The molecule has 1 aromatic rings. The monoisotopic (exact) mass is 377 g/mol. The Kier molecular flexibility index (Phi) is 5.79.